The molecule has 4 rings (SSSR count). The number of carbonyl (C=O) groups excluding carboxylic acids is 1. The highest BCUT2D eigenvalue weighted by molar-refractivity contribution is 6.14. The van der Waals surface area contributed by atoms with Crippen LogP contribution in [0.3, 0.4) is 0 Å². The van der Waals surface area contributed by atoms with Gasteiger partial charge in [-0.15, -0.1) is 0 Å². The smallest absolute Gasteiger partial charge is 0.231 e. The van der Waals surface area contributed by atoms with Crippen LogP contribution >= 0.6 is 0 Å². The number of Topliss-reactive ketones (excluding diaryl/α,β-unsaturated/α-hetero) is 1. The van der Waals surface area contributed by atoms with Gasteiger partial charge in [0.1, 0.15) is 35.4 Å². The maximum atomic E-state index is 13.8. The van der Waals surface area contributed by atoms with Gasteiger partial charge in [0.15, 0.2) is 5.76 Å². The third-order valence-corrected chi connectivity index (χ3v) is 4.72. The molecule has 0 radical (unpaired) electrons. The standard InChI is InChI=1S/C24H19FO5/c1-27-17-8-10-21(28-2)16(11-17)12-23-24(26)19-9-7-18(13-22(19)30-23)29-14-15-5-3-4-6-20(15)25/h3-13H,14H2,1-2H3. The molecule has 0 saturated carbocycles. The number of methoxy groups -OCH3 is 2. The van der Waals surface area contributed by atoms with Crippen LogP contribution in [0.15, 0.2) is 66.4 Å². The molecule has 0 saturated heterocycles. The second-order valence-corrected chi connectivity index (χ2v) is 6.59. The van der Waals surface area contributed by atoms with Gasteiger partial charge in [-0.3, -0.25) is 4.79 Å². The Labute approximate surface area is 173 Å². The van der Waals surface area contributed by atoms with Crippen LogP contribution in [-0.2, 0) is 6.61 Å². The number of allylic oxidation sites excluding steroid dienone is 1. The zero-order chi connectivity index (χ0) is 21.1. The summed E-state index contributed by atoms with van der Waals surface area (Å²) in [5.74, 6) is 1.68. The molecule has 152 valence electrons. The number of hydrogen-bond acceptors (Lipinski definition) is 5. The summed E-state index contributed by atoms with van der Waals surface area (Å²) in [6, 6.07) is 16.6. The molecule has 0 fully saturated rings. The lowest BCUT2D eigenvalue weighted by molar-refractivity contribution is 0.101. The fourth-order valence-corrected chi connectivity index (χ4v) is 3.13. The minimum Gasteiger partial charge on any atom is -0.497 e. The topological polar surface area (TPSA) is 54.0 Å². The summed E-state index contributed by atoms with van der Waals surface area (Å²) < 4.78 is 35.8. The van der Waals surface area contributed by atoms with E-state index >= 15 is 0 Å². The van der Waals surface area contributed by atoms with Crippen molar-refractivity contribution in [2.45, 2.75) is 6.61 Å². The molecule has 30 heavy (non-hydrogen) atoms. The molecule has 1 aliphatic heterocycles. The highest BCUT2D eigenvalue weighted by Gasteiger charge is 2.28. The van der Waals surface area contributed by atoms with E-state index in [0.29, 0.717) is 39.7 Å². The second-order valence-electron chi connectivity index (χ2n) is 6.59. The number of ether oxygens (including phenoxy) is 4. The van der Waals surface area contributed by atoms with Crippen LogP contribution < -0.4 is 18.9 Å². The van der Waals surface area contributed by atoms with Gasteiger partial charge in [-0.2, -0.15) is 0 Å². The molecule has 5 nitrogen and oxygen atoms in total. The number of rotatable bonds is 6. The summed E-state index contributed by atoms with van der Waals surface area (Å²) in [7, 11) is 3.11. The highest BCUT2D eigenvalue weighted by atomic mass is 19.1. The van der Waals surface area contributed by atoms with Crippen molar-refractivity contribution in [1.29, 1.82) is 0 Å². The SMILES string of the molecule is COc1ccc(OC)c(C=C2Oc3cc(OCc4ccccc4F)ccc3C2=O)c1. The first-order valence-electron chi connectivity index (χ1n) is 9.25. The Morgan fingerprint density at radius 1 is 0.967 bits per heavy atom. The van der Waals surface area contributed by atoms with Crippen LogP contribution in [-0.4, -0.2) is 20.0 Å². The predicted octanol–water partition coefficient (Wildman–Crippen LogP) is 5.04. The van der Waals surface area contributed by atoms with Gasteiger partial charge in [0, 0.05) is 17.2 Å². The first kappa shape index (κ1) is 19.5. The summed E-state index contributed by atoms with van der Waals surface area (Å²) in [6.45, 7) is 0.0725. The summed E-state index contributed by atoms with van der Waals surface area (Å²) in [5, 5.41) is 0. The van der Waals surface area contributed by atoms with Crippen LogP contribution in [0.2, 0.25) is 0 Å². The van der Waals surface area contributed by atoms with E-state index in [1.807, 2.05) is 0 Å². The summed E-state index contributed by atoms with van der Waals surface area (Å²) in [6.07, 6.45) is 1.61. The number of hydrogen-bond donors (Lipinski definition) is 0. The molecule has 0 N–H and O–H groups in total. The van der Waals surface area contributed by atoms with E-state index < -0.39 is 0 Å². The van der Waals surface area contributed by atoms with Crippen molar-refractivity contribution in [3.05, 3.63) is 88.9 Å². The summed E-state index contributed by atoms with van der Waals surface area (Å²) >= 11 is 0. The Kier molecular flexibility index (Phi) is 5.39. The number of benzene rings is 3. The fraction of sp³-hybridized carbons (Fsp3) is 0.125. The highest BCUT2D eigenvalue weighted by Crippen LogP contribution is 2.36. The third-order valence-electron chi connectivity index (χ3n) is 4.72. The van der Waals surface area contributed by atoms with Crippen molar-refractivity contribution in [1.82, 2.24) is 0 Å². The molecule has 0 aliphatic carbocycles. The Morgan fingerprint density at radius 2 is 1.77 bits per heavy atom. The van der Waals surface area contributed by atoms with Gasteiger partial charge < -0.3 is 18.9 Å². The van der Waals surface area contributed by atoms with E-state index in [4.69, 9.17) is 18.9 Å². The maximum Gasteiger partial charge on any atom is 0.231 e. The van der Waals surface area contributed by atoms with Gasteiger partial charge in [0.25, 0.3) is 0 Å². The van der Waals surface area contributed by atoms with Crippen LogP contribution in [0, 0.1) is 5.82 Å². The molecule has 0 atom stereocenters. The van der Waals surface area contributed by atoms with E-state index in [9.17, 15) is 9.18 Å². The first-order valence-corrected chi connectivity index (χ1v) is 9.25. The molecule has 0 unspecified atom stereocenters. The van der Waals surface area contributed by atoms with Gasteiger partial charge in [-0.1, -0.05) is 18.2 Å². The van der Waals surface area contributed by atoms with Crippen molar-refractivity contribution in [3.8, 4) is 23.0 Å². The molecular formula is C24H19FO5. The zero-order valence-electron chi connectivity index (χ0n) is 16.5. The number of halogens is 1. The average Bonchev–Trinajstić information content (AvgIpc) is 3.07. The van der Waals surface area contributed by atoms with E-state index in [2.05, 4.69) is 0 Å². The molecule has 0 bridgehead atoms. The predicted molar refractivity (Wildman–Crippen MR) is 110 cm³/mol. The maximum absolute atomic E-state index is 13.8. The molecule has 0 spiro atoms. The van der Waals surface area contributed by atoms with Gasteiger partial charge in [0.05, 0.1) is 19.8 Å². The van der Waals surface area contributed by atoms with Crippen molar-refractivity contribution in [2.75, 3.05) is 14.2 Å². The number of ketones is 1. The lowest BCUT2D eigenvalue weighted by Gasteiger charge is -2.08. The molecule has 1 aliphatic rings. The lowest BCUT2D eigenvalue weighted by Crippen LogP contribution is -1.99. The van der Waals surface area contributed by atoms with Crippen molar-refractivity contribution < 1.29 is 28.1 Å². The van der Waals surface area contributed by atoms with E-state index in [1.165, 1.54) is 6.07 Å². The average molecular weight is 406 g/mol. The third kappa shape index (κ3) is 3.85. The quantitative estimate of drug-likeness (QED) is 0.537. The van der Waals surface area contributed by atoms with Crippen molar-refractivity contribution in [3.63, 3.8) is 0 Å². The Hall–Kier alpha value is -3.80. The van der Waals surface area contributed by atoms with E-state index in [1.54, 1.807) is 74.9 Å². The van der Waals surface area contributed by atoms with Gasteiger partial charge >= 0.3 is 0 Å². The largest absolute Gasteiger partial charge is 0.497 e. The molecular weight excluding hydrogens is 387 g/mol. The van der Waals surface area contributed by atoms with Crippen LogP contribution in [0.5, 0.6) is 23.0 Å². The first-order chi connectivity index (χ1) is 14.6. The fourth-order valence-electron chi connectivity index (χ4n) is 3.13. The number of fused-ring (bicyclic) bond motifs is 1. The molecule has 3 aromatic carbocycles. The molecule has 0 aromatic heterocycles. The molecule has 0 amide bonds. The van der Waals surface area contributed by atoms with E-state index in [-0.39, 0.29) is 24.0 Å². The van der Waals surface area contributed by atoms with Gasteiger partial charge in [0.2, 0.25) is 5.78 Å². The monoisotopic (exact) mass is 406 g/mol. The van der Waals surface area contributed by atoms with Crippen LogP contribution in [0.1, 0.15) is 21.5 Å². The minimum absolute atomic E-state index is 0.0725. The minimum atomic E-state index is -0.331. The normalized spacial score (nSPS) is 13.7. The molecule has 1 heterocycles. The van der Waals surface area contributed by atoms with Crippen molar-refractivity contribution >= 4 is 11.9 Å². The Bertz CT molecular complexity index is 1140. The van der Waals surface area contributed by atoms with Crippen LogP contribution in [0.25, 0.3) is 6.08 Å². The zero-order valence-corrected chi connectivity index (χ0v) is 16.5. The summed E-state index contributed by atoms with van der Waals surface area (Å²) in [4.78, 5) is 12.7. The van der Waals surface area contributed by atoms with E-state index in [0.717, 1.165) is 0 Å². The van der Waals surface area contributed by atoms with Crippen molar-refractivity contribution in [2.24, 2.45) is 0 Å². The van der Waals surface area contributed by atoms with Crippen LogP contribution in [0.4, 0.5) is 4.39 Å². The Balaban J connectivity index is 1.56. The lowest BCUT2D eigenvalue weighted by atomic mass is 10.1. The van der Waals surface area contributed by atoms with Gasteiger partial charge in [-0.05, 0) is 42.5 Å². The Morgan fingerprint density at radius 3 is 2.53 bits per heavy atom. The van der Waals surface area contributed by atoms with Gasteiger partial charge in [-0.25, -0.2) is 4.39 Å². The second kappa shape index (κ2) is 8.29. The molecule has 6 heteroatoms. The molecule has 3 aromatic rings. The summed E-state index contributed by atoms with van der Waals surface area (Å²) in [5.41, 5.74) is 1.53. The number of carbonyl (C=O) groups is 1.